The lowest BCUT2D eigenvalue weighted by atomic mass is 9.92. The van der Waals surface area contributed by atoms with Gasteiger partial charge in [0.05, 0.1) is 30.1 Å². The van der Waals surface area contributed by atoms with Crippen LogP contribution in [0.1, 0.15) is 94.3 Å². The Balaban J connectivity index is 0.697. The Morgan fingerprint density at radius 1 is 0.803 bits per heavy atom. The summed E-state index contributed by atoms with van der Waals surface area (Å²) in [6.45, 7) is 8.54. The van der Waals surface area contributed by atoms with Crippen molar-refractivity contribution in [2.24, 2.45) is 5.92 Å². The molecule has 2 unspecified atom stereocenters. The average Bonchev–Trinajstić information content (AvgIpc) is 3.98. The largest absolute Gasteiger partial charge is 0.376 e. The number of aryl methyl sites for hydroxylation is 1. The van der Waals surface area contributed by atoms with Gasteiger partial charge in [0.25, 0.3) is 11.8 Å². The second-order valence-electron chi connectivity index (χ2n) is 18.3. The van der Waals surface area contributed by atoms with E-state index in [2.05, 4.69) is 69.3 Å². The number of hydrogen-bond acceptors (Lipinski definition) is 10. The van der Waals surface area contributed by atoms with Gasteiger partial charge in [-0.1, -0.05) is 24.3 Å². The number of imide groups is 1. The van der Waals surface area contributed by atoms with E-state index in [0.29, 0.717) is 23.6 Å². The Morgan fingerprint density at radius 3 is 2.28 bits per heavy atom. The number of nitrogens with one attached hydrogen (secondary N) is 1. The number of hydrogen-bond donors (Lipinski definition) is 1. The Bertz CT molecular complexity index is 2180. The first-order valence-electron chi connectivity index (χ1n) is 22.4. The lowest BCUT2D eigenvalue weighted by Gasteiger charge is -2.38. The van der Waals surface area contributed by atoms with E-state index in [-0.39, 0.29) is 60.5 Å². The number of likely N-dealkylation sites (tertiary alicyclic amines) is 2. The number of ketones is 2. The highest BCUT2D eigenvalue weighted by atomic mass is 19.1. The second kappa shape index (κ2) is 17.4. The van der Waals surface area contributed by atoms with Crippen LogP contribution in [-0.2, 0) is 20.8 Å². The van der Waals surface area contributed by atoms with Crippen LogP contribution in [0.4, 0.5) is 15.8 Å². The van der Waals surface area contributed by atoms with Gasteiger partial charge in [0.15, 0.2) is 5.78 Å². The third-order valence-corrected chi connectivity index (χ3v) is 14.6. The molecule has 4 fully saturated rings. The summed E-state index contributed by atoms with van der Waals surface area (Å²) in [7, 11) is 4.34. The van der Waals surface area contributed by atoms with Crippen molar-refractivity contribution in [3.8, 4) is 0 Å². The lowest BCUT2D eigenvalue weighted by Crippen LogP contribution is -2.47. The van der Waals surface area contributed by atoms with Gasteiger partial charge in [0.1, 0.15) is 11.6 Å². The van der Waals surface area contributed by atoms with Gasteiger partial charge in [-0.15, -0.1) is 0 Å². The molecule has 4 heterocycles. The number of rotatable bonds is 11. The minimum atomic E-state index is -0.908. The van der Waals surface area contributed by atoms with Crippen molar-refractivity contribution in [3.05, 3.63) is 94.3 Å². The van der Waals surface area contributed by atoms with Gasteiger partial charge in [-0.25, -0.2) is 4.39 Å². The van der Waals surface area contributed by atoms with Gasteiger partial charge in [-0.3, -0.25) is 38.7 Å². The molecule has 1 N–H and O–H groups in total. The molecule has 0 aromatic heterocycles. The van der Waals surface area contributed by atoms with Crippen LogP contribution in [0.5, 0.6) is 0 Å². The van der Waals surface area contributed by atoms with E-state index < -0.39 is 23.6 Å². The van der Waals surface area contributed by atoms with Crippen LogP contribution in [0.3, 0.4) is 0 Å². The number of halogens is 1. The molecule has 61 heavy (non-hydrogen) atoms. The highest BCUT2D eigenvalue weighted by Gasteiger charge is 2.45. The fourth-order valence-corrected chi connectivity index (χ4v) is 11.0. The maximum absolute atomic E-state index is 15.0. The Morgan fingerprint density at radius 2 is 1.54 bits per heavy atom. The standard InChI is InChI=1S/C48H58FN7O5/c1-51(2)43-30-55(42-14-8-33-4-3-5-40(49)46(33)42)29-39(43)32-6-10-35(11-7-32)53-24-22-52(23-25-53)19-16-31-17-20-54(21-18-31)45(59)28-50-34-9-13-37-38(26-34)48(61)56(47(37)60)41-15-12-36(57)27-44(41)58/h3-7,9-11,13,26,31,39,41-43,50H,8,12,14-25,27-30H2,1-2H3/t39-,41?,42?,43+/m1/s1. The number of benzene rings is 3. The molecule has 3 amide bonds. The van der Waals surface area contributed by atoms with E-state index in [0.717, 1.165) is 101 Å². The maximum atomic E-state index is 15.0. The predicted molar refractivity (Wildman–Crippen MR) is 231 cm³/mol. The van der Waals surface area contributed by atoms with Crippen molar-refractivity contribution in [2.45, 2.75) is 75.4 Å². The summed E-state index contributed by atoms with van der Waals surface area (Å²) in [5, 5.41) is 3.14. The molecular formula is C48H58FN7O5. The van der Waals surface area contributed by atoms with Crippen molar-refractivity contribution < 1.29 is 28.4 Å². The molecule has 3 aromatic rings. The summed E-state index contributed by atoms with van der Waals surface area (Å²) >= 11 is 0. The molecule has 1 saturated carbocycles. The van der Waals surface area contributed by atoms with Crippen LogP contribution < -0.4 is 10.2 Å². The molecule has 2 aliphatic carbocycles. The monoisotopic (exact) mass is 831 g/mol. The number of fused-ring (bicyclic) bond motifs is 2. The van der Waals surface area contributed by atoms with Crippen molar-refractivity contribution in [1.82, 2.24) is 24.5 Å². The number of amides is 3. The zero-order valence-electron chi connectivity index (χ0n) is 35.5. The number of carbonyl (C=O) groups is 5. The molecule has 0 radical (unpaired) electrons. The highest BCUT2D eigenvalue weighted by Crippen LogP contribution is 2.43. The molecule has 6 aliphatic rings. The first-order valence-corrected chi connectivity index (χ1v) is 22.4. The minimum absolute atomic E-state index is 0.000694. The zero-order chi connectivity index (χ0) is 42.4. The van der Waals surface area contributed by atoms with Gasteiger partial charge in [0, 0.05) is 93.7 Å². The average molecular weight is 832 g/mol. The number of piperazine rings is 1. The number of piperidine rings is 1. The highest BCUT2D eigenvalue weighted by molar-refractivity contribution is 6.24. The second-order valence-corrected chi connectivity index (χ2v) is 18.3. The predicted octanol–water partition coefficient (Wildman–Crippen LogP) is 4.99. The van der Waals surface area contributed by atoms with Crippen LogP contribution in [0.15, 0.2) is 60.7 Å². The quantitative estimate of drug-likeness (QED) is 0.209. The van der Waals surface area contributed by atoms with E-state index in [4.69, 9.17) is 0 Å². The van der Waals surface area contributed by atoms with Crippen LogP contribution in [0, 0.1) is 11.7 Å². The molecule has 4 aliphatic heterocycles. The fraction of sp³-hybridized carbons (Fsp3) is 0.521. The van der Waals surface area contributed by atoms with Crippen LogP contribution >= 0.6 is 0 Å². The van der Waals surface area contributed by atoms with Crippen LogP contribution in [0.25, 0.3) is 0 Å². The third-order valence-electron chi connectivity index (χ3n) is 14.6. The Kier molecular flexibility index (Phi) is 11.8. The van der Waals surface area contributed by atoms with Crippen molar-refractivity contribution in [2.75, 3.05) is 89.8 Å². The number of likely N-dealkylation sites (N-methyl/N-ethyl adjacent to an activating group) is 1. The molecule has 12 nitrogen and oxygen atoms in total. The summed E-state index contributed by atoms with van der Waals surface area (Å²) in [6.07, 6.45) is 5.11. The number of nitrogens with zero attached hydrogens (tertiary/aromatic N) is 6. The Hall–Kier alpha value is -4.98. The number of anilines is 2. The molecule has 3 aromatic carbocycles. The number of Topliss-reactive ketones (excluding diaryl/α,β-unsaturated/α-hetero) is 2. The van der Waals surface area contributed by atoms with Crippen molar-refractivity contribution in [3.63, 3.8) is 0 Å². The minimum Gasteiger partial charge on any atom is -0.376 e. The van der Waals surface area contributed by atoms with Gasteiger partial charge in [-0.05, 0) is 113 Å². The molecule has 0 bridgehead atoms. The van der Waals surface area contributed by atoms with E-state index in [1.165, 1.54) is 16.8 Å². The van der Waals surface area contributed by atoms with Gasteiger partial charge in [-0.2, -0.15) is 0 Å². The SMILES string of the molecule is CN(C)[C@H]1CN(C2CCc3cccc(F)c32)C[C@@H]1c1ccc(N2CCN(CCC3CCN(C(=O)CNc4ccc5c(c4)C(=O)N(C4CCC(=O)CC4=O)C5=O)CC3)CC2)cc1. The molecule has 4 atom stereocenters. The first kappa shape index (κ1) is 41.4. The van der Waals surface area contributed by atoms with E-state index in [1.54, 1.807) is 24.3 Å². The maximum Gasteiger partial charge on any atom is 0.262 e. The van der Waals surface area contributed by atoms with E-state index in [1.807, 2.05) is 11.0 Å². The van der Waals surface area contributed by atoms with E-state index in [9.17, 15) is 28.4 Å². The van der Waals surface area contributed by atoms with Crippen LogP contribution in [0.2, 0.25) is 0 Å². The Labute approximate surface area is 358 Å². The molecule has 9 rings (SSSR count). The summed E-state index contributed by atoms with van der Waals surface area (Å²) in [6, 6.07) is 19.2. The van der Waals surface area contributed by atoms with Crippen molar-refractivity contribution in [1.29, 1.82) is 0 Å². The molecule has 3 saturated heterocycles. The molecule has 322 valence electrons. The summed E-state index contributed by atoms with van der Waals surface area (Å²) < 4.78 is 15.0. The molecule has 0 spiro atoms. The third kappa shape index (κ3) is 8.36. The summed E-state index contributed by atoms with van der Waals surface area (Å²) in [5.74, 6) is -0.709. The lowest BCUT2D eigenvalue weighted by molar-refractivity contribution is -0.133. The van der Waals surface area contributed by atoms with E-state index >= 15 is 0 Å². The topological polar surface area (TPSA) is 117 Å². The first-order chi connectivity index (χ1) is 29.5. The van der Waals surface area contributed by atoms with Gasteiger partial charge < -0.3 is 20.0 Å². The van der Waals surface area contributed by atoms with Gasteiger partial charge >= 0.3 is 0 Å². The summed E-state index contributed by atoms with van der Waals surface area (Å²) in [4.78, 5) is 76.5. The molecular weight excluding hydrogens is 774 g/mol. The summed E-state index contributed by atoms with van der Waals surface area (Å²) in [5.41, 5.74) is 5.72. The smallest absolute Gasteiger partial charge is 0.262 e. The van der Waals surface area contributed by atoms with Crippen LogP contribution in [-0.4, -0.2) is 145 Å². The van der Waals surface area contributed by atoms with Crippen molar-refractivity contribution >= 4 is 40.7 Å². The zero-order valence-corrected chi connectivity index (χ0v) is 35.5. The van der Waals surface area contributed by atoms with Gasteiger partial charge in [0.2, 0.25) is 5.91 Å². The fourth-order valence-electron chi connectivity index (χ4n) is 11.0. The number of carbonyl (C=O) groups excluding carboxylic acids is 5. The molecule has 13 heteroatoms. The normalized spacial score (nSPS) is 25.2.